The van der Waals surface area contributed by atoms with Crippen LogP contribution < -0.4 is 15.5 Å². The van der Waals surface area contributed by atoms with Crippen molar-refractivity contribution in [2.24, 2.45) is 0 Å². The Bertz CT molecular complexity index is 1690. The highest BCUT2D eigenvalue weighted by molar-refractivity contribution is 9.10. The molecule has 1 amide bonds. The number of amides is 1. The van der Waals surface area contributed by atoms with Gasteiger partial charge in [-0.3, -0.25) is 4.79 Å². The molecule has 226 valence electrons. The van der Waals surface area contributed by atoms with Gasteiger partial charge in [0, 0.05) is 17.5 Å². The van der Waals surface area contributed by atoms with Crippen LogP contribution >= 0.6 is 15.9 Å². The van der Waals surface area contributed by atoms with Crippen molar-refractivity contribution in [1.29, 1.82) is 0 Å². The quantitative estimate of drug-likeness (QED) is 0.167. The van der Waals surface area contributed by atoms with E-state index in [0.29, 0.717) is 10.4 Å². The molecule has 1 atom stereocenters. The van der Waals surface area contributed by atoms with Crippen molar-refractivity contribution < 1.29 is 18.7 Å². The van der Waals surface area contributed by atoms with Gasteiger partial charge in [-0.15, -0.1) is 0 Å². The Kier molecular flexibility index (Phi) is 9.65. The first-order valence-corrected chi connectivity index (χ1v) is 15.1. The van der Waals surface area contributed by atoms with E-state index in [9.17, 15) is 9.59 Å². The number of benzene rings is 3. The molecule has 0 bridgehead atoms. The van der Waals surface area contributed by atoms with Crippen LogP contribution in [0.3, 0.4) is 0 Å². The van der Waals surface area contributed by atoms with E-state index in [1.54, 1.807) is 6.20 Å². The summed E-state index contributed by atoms with van der Waals surface area (Å²) in [7, 11) is 0. The molecule has 5 rings (SSSR count). The van der Waals surface area contributed by atoms with Gasteiger partial charge in [0.2, 0.25) is 16.9 Å². The number of aromatic nitrogens is 2. The summed E-state index contributed by atoms with van der Waals surface area (Å²) in [6, 6.07) is 30.7. The van der Waals surface area contributed by atoms with E-state index >= 15 is 0 Å². The molecule has 8 nitrogen and oxygen atoms in total. The number of ether oxygens (including phenoxy) is 2. The Morgan fingerprint density at radius 1 is 0.932 bits per heavy atom. The zero-order valence-corrected chi connectivity index (χ0v) is 26.4. The standard InChI is InChI=1S/C35H34BrN3O5/c1-35(2,3)38-34(41)44-28(30(25-15-9-5-10-16-25)26-17-11-6-12-18-26)22-39-29(36)21-37-33(39)32-31(27(40)19-20-42-32)43-23-24-13-7-4-8-14-24/h4-21,28,30H,22-23H2,1-3H3,(H,38,41)/t28-/m1/s1. The smallest absolute Gasteiger partial charge is 0.407 e. The summed E-state index contributed by atoms with van der Waals surface area (Å²) < 4.78 is 20.6. The number of halogens is 1. The van der Waals surface area contributed by atoms with Crippen molar-refractivity contribution >= 4 is 22.0 Å². The summed E-state index contributed by atoms with van der Waals surface area (Å²) in [5.74, 6) is 0.235. The third kappa shape index (κ3) is 7.65. The van der Waals surface area contributed by atoms with Gasteiger partial charge in [0.05, 0.1) is 19.0 Å². The highest BCUT2D eigenvalue weighted by Crippen LogP contribution is 2.35. The maximum Gasteiger partial charge on any atom is 0.407 e. The second kappa shape index (κ2) is 13.8. The number of nitrogens with one attached hydrogen (secondary N) is 1. The molecule has 0 aliphatic heterocycles. The van der Waals surface area contributed by atoms with Crippen LogP contribution in [0.5, 0.6) is 5.75 Å². The molecule has 0 aliphatic rings. The van der Waals surface area contributed by atoms with Gasteiger partial charge >= 0.3 is 6.09 Å². The Labute approximate surface area is 264 Å². The van der Waals surface area contributed by atoms with Crippen LogP contribution in [0.1, 0.15) is 43.4 Å². The Morgan fingerprint density at radius 3 is 2.11 bits per heavy atom. The van der Waals surface area contributed by atoms with Crippen molar-refractivity contribution in [3.63, 3.8) is 0 Å². The molecule has 5 aromatic rings. The number of carbonyl (C=O) groups excluding carboxylic acids is 1. The van der Waals surface area contributed by atoms with Gasteiger partial charge < -0.3 is 23.8 Å². The molecular formula is C35H34BrN3O5. The first kappa shape index (κ1) is 30.8. The molecule has 0 fully saturated rings. The molecular weight excluding hydrogens is 622 g/mol. The molecule has 1 N–H and O–H groups in total. The van der Waals surface area contributed by atoms with E-state index < -0.39 is 17.7 Å². The monoisotopic (exact) mass is 655 g/mol. The van der Waals surface area contributed by atoms with Crippen molar-refractivity contribution in [1.82, 2.24) is 14.9 Å². The van der Waals surface area contributed by atoms with Gasteiger partial charge in [0.1, 0.15) is 17.3 Å². The van der Waals surface area contributed by atoms with Gasteiger partial charge in [0.25, 0.3) is 0 Å². The largest absolute Gasteiger partial charge is 0.481 e. The lowest BCUT2D eigenvalue weighted by atomic mass is 9.86. The fourth-order valence-electron chi connectivity index (χ4n) is 4.94. The van der Waals surface area contributed by atoms with Crippen LogP contribution in [0.25, 0.3) is 11.6 Å². The van der Waals surface area contributed by atoms with Crippen molar-refractivity contribution in [2.75, 3.05) is 0 Å². The minimum Gasteiger partial charge on any atom is -0.481 e. The van der Waals surface area contributed by atoms with Crippen molar-refractivity contribution in [2.45, 2.75) is 51.5 Å². The van der Waals surface area contributed by atoms with E-state index in [0.717, 1.165) is 16.7 Å². The summed E-state index contributed by atoms with van der Waals surface area (Å²) in [5.41, 5.74) is 2.01. The zero-order valence-electron chi connectivity index (χ0n) is 24.8. The van der Waals surface area contributed by atoms with Crippen LogP contribution in [0.2, 0.25) is 0 Å². The minimum atomic E-state index is -0.699. The molecule has 0 saturated heterocycles. The average Bonchev–Trinajstić information content (AvgIpc) is 3.36. The van der Waals surface area contributed by atoms with Gasteiger partial charge in [-0.05, 0) is 53.4 Å². The van der Waals surface area contributed by atoms with Gasteiger partial charge in [-0.25, -0.2) is 9.78 Å². The number of hydrogen-bond acceptors (Lipinski definition) is 6. The maximum absolute atomic E-state index is 13.3. The van der Waals surface area contributed by atoms with Crippen molar-refractivity contribution in [3.8, 4) is 17.3 Å². The summed E-state index contributed by atoms with van der Waals surface area (Å²) >= 11 is 3.62. The first-order chi connectivity index (χ1) is 21.2. The van der Waals surface area contributed by atoms with Crippen LogP contribution in [0, 0.1) is 0 Å². The zero-order chi connectivity index (χ0) is 31.1. The Morgan fingerprint density at radius 2 is 1.52 bits per heavy atom. The van der Waals surface area contributed by atoms with E-state index in [2.05, 4.69) is 26.2 Å². The van der Waals surface area contributed by atoms with Crippen LogP contribution in [0.4, 0.5) is 4.79 Å². The molecule has 0 unspecified atom stereocenters. The van der Waals surface area contributed by atoms with Crippen LogP contribution in [-0.2, 0) is 17.9 Å². The maximum atomic E-state index is 13.3. The molecule has 9 heteroatoms. The van der Waals surface area contributed by atoms with Crippen LogP contribution in [-0.4, -0.2) is 27.3 Å². The van der Waals surface area contributed by atoms with E-state index in [-0.39, 0.29) is 36.0 Å². The van der Waals surface area contributed by atoms with E-state index in [1.165, 1.54) is 12.3 Å². The van der Waals surface area contributed by atoms with Crippen LogP contribution in [0.15, 0.2) is 123 Å². The van der Waals surface area contributed by atoms with Gasteiger partial charge in [-0.1, -0.05) is 91.0 Å². The number of rotatable bonds is 10. The fourth-order valence-corrected chi connectivity index (χ4v) is 5.36. The molecule has 44 heavy (non-hydrogen) atoms. The Balaban J connectivity index is 1.57. The molecule has 0 radical (unpaired) electrons. The summed E-state index contributed by atoms with van der Waals surface area (Å²) in [5, 5.41) is 2.92. The molecule has 2 heterocycles. The fraction of sp³-hybridized carbons (Fsp3) is 0.229. The SMILES string of the molecule is CC(C)(C)NC(=O)O[C@H](Cn1c(Br)cnc1-c1occc(=O)c1OCc1ccccc1)C(c1ccccc1)c1ccccc1. The third-order valence-electron chi connectivity index (χ3n) is 6.86. The predicted molar refractivity (Wildman–Crippen MR) is 173 cm³/mol. The van der Waals surface area contributed by atoms with Gasteiger partial charge in [0.15, 0.2) is 5.82 Å². The first-order valence-electron chi connectivity index (χ1n) is 14.3. The van der Waals surface area contributed by atoms with E-state index in [4.69, 9.17) is 13.9 Å². The summed E-state index contributed by atoms with van der Waals surface area (Å²) in [6.07, 6.45) is 1.70. The molecule has 3 aromatic carbocycles. The number of hydrogen-bond donors (Lipinski definition) is 1. The van der Waals surface area contributed by atoms with E-state index in [1.807, 2.05) is 116 Å². The lowest BCUT2D eigenvalue weighted by Gasteiger charge is -2.30. The minimum absolute atomic E-state index is 0.0429. The molecule has 0 saturated carbocycles. The topological polar surface area (TPSA) is 95.6 Å². The lowest BCUT2D eigenvalue weighted by Crippen LogP contribution is -2.44. The number of alkyl carbamates (subject to hydrolysis) is 1. The van der Waals surface area contributed by atoms with Crippen molar-refractivity contribution in [3.05, 3.63) is 141 Å². The normalized spacial score (nSPS) is 12.1. The highest BCUT2D eigenvalue weighted by atomic mass is 79.9. The lowest BCUT2D eigenvalue weighted by molar-refractivity contribution is 0.0724. The number of nitrogens with zero attached hydrogens (tertiary/aromatic N) is 2. The molecule has 2 aromatic heterocycles. The second-order valence-corrected chi connectivity index (χ2v) is 12.2. The number of carbonyl (C=O) groups is 1. The average molecular weight is 657 g/mol. The summed E-state index contributed by atoms with van der Waals surface area (Å²) in [4.78, 5) is 30.9. The Hall–Kier alpha value is -4.63. The summed E-state index contributed by atoms with van der Waals surface area (Å²) in [6.45, 7) is 6.04. The third-order valence-corrected chi connectivity index (χ3v) is 7.49. The second-order valence-electron chi connectivity index (χ2n) is 11.4. The van der Waals surface area contributed by atoms with Gasteiger partial charge in [-0.2, -0.15) is 0 Å². The number of imidazole rings is 1. The highest BCUT2D eigenvalue weighted by Gasteiger charge is 2.32. The molecule has 0 spiro atoms. The molecule has 0 aliphatic carbocycles. The predicted octanol–water partition coefficient (Wildman–Crippen LogP) is 7.57.